The van der Waals surface area contributed by atoms with Crippen molar-refractivity contribution in [2.24, 2.45) is 0 Å². The van der Waals surface area contributed by atoms with Gasteiger partial charge in [-0.05, 0) is 48.6 Å². The summed E-state index contributed by atoms with van der Waals surface area (Å²) in [6.07, 6.45) is 1.78. The predicted octanol–water partition coefficient (Wildman–Crippen LogP) is 4.13. The Kier molecular flexibility index (Phi) is 6.44. The molecule has 1 unspecified atom stereocenters. The van der Waals surface area contributed by atoms with Crippen LogP contribution in [0.2, 0.25) is 0 Å². The summed E-state index contributed by atoms with van der Waals surface area (Å²) in [5.41, 5.74) is 5.34. The third kappa shape index (κ3) is 4.54. The molecular formula is C23H28N4O2. The second-order valence-electron chi connectivity index (χ2n) is 7.59. The second kappa shape index (κ2) is 9.01. The molecule has 0 aliphatic heterocycles. The Balaban J connectivity index is 2.15. The quantitative estimate of drug-likeness (QED) is 0.656. The fourth-order valence-electron chi connectivity index (χ4n) is 3.37. The Hall–Kier alpha value is -2.99. The highest BCUT2D eigenvalue weighted by Crippen LogP contribution is 2.29. The summed E-state index contributed by atoms with van der Waals surface area (Å²) in [4.78, 5) is 13.1. The Bertz CT molecular complexity index is 980. The first-order valence-electron chi connectivity index (χ1n) is 9.83. The van der Waals surface area contributed by atoms with Gasteiger partial charge in [0, 0.05) is 18.7 Å². The van der Waals surface area contributed by atoms with Gasteiger partial charge < -0.3 is 10.1 Å². The molecule has 1 amide bonds. The van der Waals surface area contributed by atoms with Gasteiger partial charge in [0.15, 0.2) is 0 Å². The van der Waals surface area contributed by atoms with Crippen LogP contribution in [0.1, 0.15) is 48.3 Å². The van der Waals surface area contributed by atoms with E-state index in [2.05, 4.69) is 35.5 Å². The average Bonchev–Trinajstić information content (AvgIpc) is 3.19. The molecule has 0 radical (unpaired) electrons. The zero-order chi connectivity index (χ0) is 21.0. The number of hydrogen-bond donors (Lipinski definition) is 1. The Morgan fingerprint density at radius 2 is 1.86 bits per heavy atom. The van der Waals surface area contributed by atoms with Gasteiger partial charge in [0.2, 0.25) is 0 Å². The fourth-order valence-corrected chi connectivity index (χ4v) is 3.37. The predicted molar refractivity (Wildman–Crippen MR) is 114 cm³/mol. The lowest BCUT2D eigenvalue weighted by Gasteiger charge is -2.18. The van der Waals surface area contributed by atoms with Gasteiger partial charge in [-0.3, -0.25) is 4.79 Å². The third-order valence-electron chi connectivity index (χ3n) is 4.92. The van der Waals surface area contributed by atoms with E-state index in [4.69, 9.17) is 4.74 Å². The summed E-state index contributed by atoms with van der Waals surface area (Å²) >= 11 is 0. The number of nitrogens with zero attached hydrogens (tertiary/aromatic N) is 3. The van der Waals surface area contributed by atoms with E-state index in [1.807, 2.05) is 54.9 Å². The number of aromatic nitrogens is 3. The number of ether oxygens (including phenoxy) is 1. The molecule has 0 aliphatic rings. The molecule has 29 heavy (non-hydrogen) atoms. The maximum absolute atomic E-state index is 13.1. The van der Waals surface area contributed by atoms with Crippen molar-refractivity contribution in [3.8, 4) is 16.8 Å². The van der Waals surface area contributed by atoms with Crippen molar-refractivity contribution in [3.05, 3.63) is 65.5 Å². The number of hydrogen-bond acceptors (Lipinski definition) is 4. The van der Waals surface area contributed by atoms with Crippen LogP contribution in [0.25, 0.3) is 16.8 Å². The van der Waals surface area contributed by atoms with Crippen molar-refractivity contribution >= 4 is 5.91 Å². The molecular weight excluding hydrogens is 364 g/mol. The number of amides is 1. The maximum atomic E-state index is 13.1. The van der Waals surface area contributed by atoms with Crippen LogP contribution in [0, 0.1) is 6.92 Å². The van der Waals surface area contributed by atoms with Crippen molar-refractivity contribution in [3.63, 3.8) is 0 Å². The highest BCUT2D eigenvalue weighted by molar-refractivity contribution is 5.98. The van der Waals surface area contributed by atoms with Gasteiger partial charge in [0.1, 0.15) is 0 Å². The average molecular weight is 393 g/mol. The molecule has 6 heteroatoms. The number of benzene rings is 2. The molecule has 0 fully saturated rings. The van der Waals surface area contributed by atoms with Crippen molar-refractivity contribution in [2.45, 2.75) is 39.7 Å². The number of carbonyl (C=O) groups is 1. The van der Waals surface area contributed by atoms with Gasteiger partial charge in [-0.2, -0.15) is 0 Å². The smallest absolute Gasteiger partial charge is 0.251 e. The van der Waals surface area contributed by atoms with Crippen LogP contribution in [0.3, 0.4) is 0 Å². The van der Waals surface area contributed by atoms with Crippen LogP contribution in [-0.4, -0.2) is 40.7 Å². The van der Waals surface area contributed by atoms with E-state index in [0.29, 0.717) is 12.2 Å². The van der Waals surface area contributed by atoms with E-state index in [0.717, 1.165) is 28.1 Å². The highest BCUT2D eigenvalue weighted by atomic mass is 16.5. The second-order valence-corrected chi connectivity index (χ2v) is 7.59. The zero-order valence-electron chi connectivity index (χ0n) is 17.6. The third-order valence-corrected chi connectivity index (χ3v) is 4.92. The molecule has 0 aliphatic carbocycles. The molecule has 0 saturated heterocycles. The minimum Gasteiger partial charge on any atom is -0.383 e. The van der Waals surface area contributed by atoms with Gasteiger partial charge in [-0.25, -0.2) is 4.68 Å². The summed E-state index contributed by atoms with van der Waals surface area (Å²) in [6, 6.07) is 14.0. The fraction of sp³-hybridized carbons (Fsp3) is 0.348. The number of carbonyl (C=O) groups excluding carboxylic acids is 1. The minimum atomic E-state index is -0.128. The van der Waals surface area contributed by atoms with E-state index in [1.54, 1.807) is 13.3 Å². The SMILES string of the molecule is COCC(C)NC(=O)c1cc(-c2ccccc2)cc(-n2nncc2C(C)C)c1C. The normalized spacial score (nSPS) is 12.2. The van der Waals surface area contributed by atoms with Crippen LogP contribution in [0.15, 0.2) is 48.7 Å². The molecule has 0 saturated carbocycles. The first kappa shape index (κ1) is 20.7. The number of rotatable bonds is 7. The zero-order valence-corrected chi connectivity index (χ0v) is 17.6. The molecule has 1 N–H and O–H groups in total. The summed E-state index contributed by atoms with van der Waals surface area (Å²) in [6.45, 7) is 8.53. The van der Waals surface area contributed by atoms with Crippen molar-refractivity contribution in [1.29, 1.82) is 0 Å². The molecule has 6 nitrogen and oxygen atoms in total. The lowest BCUT2D eigenvalue weighted by atomic mass is 9.97. The molecule has 1 atom stereocenters. The van der Waals surface area contributed by atoms with E-state index in [1.165, 1.54) is 0 Å². The van der Waals surface area contributed by atoms with Crippen LogP contribution in [-0.2, 0) is 4.74 Å². The lowest BCUT2D eigenvalue weighted by Crippen LogP contribution is -2.36. The summed E-state index contributed by atoms with van der Waals surface area (Å²) in [5, 5.41) is 11.4. The van der Waals surface area contributed by atoms with Gasteiger partial charge in [0.05, 0.1) is 24.2 Å². The molecule has 1 heterocycles. The number of nitrogens with one attached hydrogen (secondary N) is 1. The highest BCUT2D eigenvalue weighted by Gasteiger charge is 2.20. The van der Waals surface area contributed by atoms with Crippen molar-refractivity contribution < 1.29 is 9.53 Å². The van der Waals surface area contributed by atoms with Crippen LogP contribution < -0.4 is 5.32 Å². The Morgan fingerprint density at radius 3 is 2.52 bits per heavy atom. The van der Waals surface area contributed by atoms with Crippen LogP contribution in [0.5, 0.6) is 0 Å². The Labute approximate surface area is 171 Å². The molecule has 0 spiro atoms. The first-order valence-corrected chi connectivity index (χ1v) is 9.83. The van der Waals surface area contributed by atoms with Crippen LogP contribution in [0.4, 0.5) is 0 Å². The van der Waals surface area contributed by atoms with Crippen LogP contribution >= 0.6 is 0 Å². The summed E-state index contributed by atoms with van der Waals surface area (Å²) < 4.78 is 6.99. The largest absolute Gasteiger partial charge is 0.383 e. The monoisotopic (exact) mass is 392 g/mol. The lowest BCUT2D eigenvalue weighted by molar-refractivity contribution is 0.0905. The molecule has 152 valence electrons. The molecule has 0 bridgehead atoms. The van der Waals surface area contributed by atoms with E-state index in [-0.39, 0.29) is 17.9 Å². The Morgan fingerprint density at radius 1 is 1.14 bits per heavy atom. The van der Waals surface area contributed by atoms with E-state index >= 15 is 0 Å². The minimum absolute atomic E-state index is 0.0895. The van der Waals surface area contributed by atoms with Gasteiger partial charge >= 0.3 is 0 Å². The topological polar surface area (TPSA) is 69.0 Å². The van der Waals surface area contributed by atoms with E-state index < -0.39 is 0 Å². The standard InChI is InChI=1S/C23H28N4O2/c1-15(2)22-13-24-26-27(22)21-12-19(18-9-7-6-8-10-18)11-20(17(21)4)23(28)25-16(3)14-29-5/h6-13,15-16H,14H2,1-5H3,(H,25,28). The molecule has 2 aromatic carbocycles. The maximum Gasteiger partial charge on any atom is 0.251 e. The van der Waals surface area contributed by atoms with Gasteiger partial charge in [-0.1, -0.05) is 49.4 Å². The molecule has 3 aromatic rings. The van der Waals surface area contributed by atoms with Crippen molar-refractivity contribution in [2.75, 3.05) is 13.7 Å². The summed E-state index contributed by atoms with van der Waals surface area (Å²) in [7, 11) is 1.63. The molecule has 3 rings (SSSR count). The summed E-state index contributed by atoms with van der Waals surface area (Å²) in [5.74, 6) is 0.126. The first-order chi connectivity index (χ1) is 13.9. The van der Waals surface area contributed by atoms with E-state index in [9.17, 15) is 4.79 Å². The van der Waals surface area contributed by atoms with Crippen molar-refractivity contribution in [1.82, 2.24) is 20.3 Å². The number of methoxy groups -OCH3 is 1. The van der Waals surface area contributed by atoms with Gasteiger partial charge in [-0.15, -0.1) is 5.10 Å². The van der Waals surface area contributed by atoms with Gasteiger partial charge in [0.25, 0.3) is 5.91 Å². The molecule has 1 aromatic heterocycles.